The molecule has 6 rings (SSSR count). The first kappa shape index (κ1) is 16.3. The third-order valence-electron chi connectivity index (χ3n) is 6.32. The second-order valence-electron chi connectivity index (χ2n) is 7.94. The summed E-state index contributed by atoms with van der Waals surface area (Å²) in [7, 11) is 0. The Hall–Kier alpha value is -3.68. The van der Waals surface area contributed by atoms with Gasteiger partial charge in [0.1, 0.15) is 11.5 Å². The molecule has 1 amide bonds. The zero-order valence-electron chi connectivity index (χ0n) is 15.4. The number of carbonyl (C=O) groups excluding carboxylic acids is 1. The Morgan fingerprint density at radius 3 is 2.76 bits per heavy atom. The van der Waals surface area contributed by atoms with Crippen LogP contribution in [0.4, 0.5) is 5.69 Å². The predicted octanol–water partition coefficient (Wildman–Crippen LogP) is 3.72. The SMILES string of the molecule is O=C1NCC2(CCC2)n2c1cc1ccc(-c3nc4cc([N+](=O)[O-])ccc4[nH]3)cc12. The monoisotopic (exact) mass is 387 g/mol. The van der Waals surface area contributed by atoms with Gasteiger partial charge in [0.05, 0.1) is 21.5 Å². The van der Waals surface area contributed by atoms with Crippen LogP contribution in [0.3, 0.4) is 0 Å². The average Bonchev–Trinajstić information content (AvgIpc) is 3.28. The molecule has 1 aliphatic carbocycles. The molecule has 29 heavy (non-hydrogen) atoms. The zero-order valence-corrected chi connectivity index (χ0v) is 15.4. The molecule has 8 heteroatoms. The standard InChI is InChI=1S/C21H17N5O3/c27-20-18-8-12-2-3-13(9-17(12)25(18)21(11-22-20)6-1-7-21)19-23-15-5-4-14(26(28)29)10-16(15)24-19/h2-5,8-10H,1,6-7,11H2,(H,22,27)(H,23,24). The van der Waals surface area contributed by atoms with Crippen molar-refractivity contribution in [2.75, 3.05) is 6.54 Å². The summed E-state index contributed by atoms with van der Waals surface area (Å²) in [5.41, 5.74) is 3.92. The molecule has 1 fully saturated rings. The number of nitrogens with zero attached hydrogens (tertiary/aromatic N) is 3. The van der Waals surface area contributed by atoms with Crippen molar-refractivity contribution in [1.82, 2.24) is 19.9 Å². The molecule has 0 unspecified atom stereocenters. The highest BCUT2D eigenvalue weighted by molar-refractivity contribution is 6.01. The number of aromatic nitrogens is 3. The number of amides is 1. The number of hydrogen-bond donors (Lipinski definition) is 2. The molecule has 2 aromatic carbocycles. The first-order chi connectivity index (χ1) is 14.0. The molecular formula is C21H17N5O3. The quantitative estimate of drug-likeness (QED) is 0.404. The Kier molecular flexibility index (Phi) is 3.05. The topological polar surface area (TPSA) is 106 Å². The molecule has 2 aromatic heterocycles. The summed E-state index contributed by atoms with van der Waals surface area (Å²) in [6, 6.07) is 12.6. The lowest BCUT2D eigenvalue weighted by Crippen LogP contribution is -2.55. The first-order valence-corrected chi connectivity index (χ1v) is 9.63. The molecule has 8 nitrogen and oxygen atoms in total. The summed E-state index contributed by atoms with van der Waals surface area (Å²) in [5, 5.41) is 15.1. The van der Waals surface area contributed by atoms with Crippen molar-refractivity contribution in [3.63, 3.8) is 0 Å². The molecular weight excluding hydrogens is 370 g/mol. The largest absolute Gasteiger partial charge is 0.348 e. The molecule has 4 aromatic rings. The van der Waals surface area contributed by atoms with Crippen LogP contribution in [0, 0.1) is 10.1 Å². The van der Waals surface area contributed by atoms with E-state index in [0.717, 1.165) is 41.2 Å². The van der Waals surface area contributed by atoms with Gasteiger partial charge in [0, 0.05) is 35.1 Å². The molecule has 1 aliphatic heterocycles. The Morgan fingerprint density at radius 1 is 1.14 bits per heavy atom. The van der Waals surface area contributed by atoms with Gasteiger partial charge in [-0.25, -0.2) is 4.98 Å². The Labute approximate surface area is 164 Å². The van der Waals surface area contributed by atoms with Crippen LogP contribution in [0.15, 0.2) is 42.5 Å². The maximum atomic E-state index is 12.4. The highest BCUT2D eigenvalue weighted by atomic mass is 16.6. The molecule has 0 atom stereocenters. The van der Waals surface area contributed by atoms with E-state index < -0.39 is 4.92 Å². The van der Waals surface area contributed by atoms with Crippen LogP contribution in [0.2, 0.25) is 0 Å². The number of nitro benzene ring substituents is 1. The van der Waals surface area contributed by atoms with Crippen LogP contribution in [-0.2, 0) is 5.54 Å². The molecule has 144 valence electrons. The van der Waals surface area contributed by atoms with Crippen molar-refractivity contribution in [1.29, 1.82) is 0 Å². The van der Waals surface area contributed by atoms with Crippen molar-refractivity contribution >= 4 is 33.5 Å². The molecule has 2 N–H and O–H groups in total. The van der Waals surface area contributed by atoms with Gasteiger partial charge in [0.15, 0.2) is 0 Å². The summed E-state index contributed by atoms with van der Waals surface area (Å²) in [6.07, 6.45) is 3.28. The van der Waals surface area contributed by atoms with E-state index in [-0.39, 0.29) is 17.1 Å². The van der Waals surface area contributed by atoms with Gasteiger partial charge >= 0.3 is 0 Å². The fourth-order valence-electron chi connectivity index (χ4n) is 4.67. The van der Waals surface area contributed by atoms with Crippen LogP contribution < -0.4 is 5.32 Å². The molecule has 3 heterocycles. The molecule has 2 aliphatic rings. The molecule has 0 radical (unpaired) electrons. The van der Waals surface area contributed by atoms with E-state index in [1.165, 1.54) is 12.1 Å². The van der Waals surface area contributed by atoms with Crippen molar-refractivity contribution in [2.24, 2.45) is 0 Å². The van der Waals surface area contributed by atoms with Gasteiger partial charge in [-0.3, -0.25) is 14.9 Å². The van der Waals surface area contributed by atoms with Crippen LogP contribution >= 0.6 is 0 Å². The molecule has 0 saturated heterocycles. The Balaban J connectivity index is 1.53. The fraction of sp³-hybridized carbons (Fsp3) is 0.238. The maximum Gasteiger partial charge on any atom is 0.271 e. The smallest absolute Gasteiger partial charge is 0.271 e. The Bertz CT molecular complexity index is 1350. The molecule has 1 saturated carbocycles. The van der Waals surface area contributed by atoms with Gasteiger partial charge in [0.25, 0.3) is 11.6 Å². The maximum absolute atomic E-state index is 12.4. The second-order valence-corrected chi connectivity index (χ2v) is 7.94. The van der Waals surface area contributed by atoms with Gasteiger partial charge in [-0.15, -0.1) is 0 Å². The number of carbonyl (C=O) groups is 1. The van der Waals surface area contributed by atoms with E-state index in [1.807, 2.05) is 18.2 Å². The lowest BCUT2D eigenvalue weighted by atomic mass is 9.75. The van der Waals surface area contributed by atoms with Crippen molar-refractivity contribution < 1.29 is 9.72 Å². The average molecular weight is 387 g/mol. The summed E-state index contributed by atoms with van der Waals surface area (Å²) >= 11 is 0. The number of imidazole rings is 1. The fourth-order valence-corrected chi connectivity index (χ4v) is 4.67. The van der Waals surface area contributed by atoms with Crippen LogP contribution in [-0.4, -0.2) is 31.9 Å². The van der Waals surface area contributed by atoms with Gasteiger partial charge in [-0.1, -0.05) is 12.1 Å². The second kappa shape index (κ2) is 5.44. The minimum Gasteiger partial charge on any atom is -0.348 e. The van der Waals surface area contributed by atoms with E-state index in [4.69, 9.17) is 0 Å². The predicted molar refractivity (Wildman–Crippen MR) is 108 cm³/mol. The van der Waals surface area contributed by atoms with Gasteiger partial charge in [-0.05, 0) is 37.5 Å². The zero-order chi connectivity index (χ0) is 19.8. The summed E-state index contributed by atoms with van der Waals surface area (Å²) in [4.78, 5) is 30.9. The number of fused-ring (bicyclic) bond motifs is 5. The normalized spacial score (nSPS) is 17.3. The van der Waals surface area contributed by atoms with Crippen molar-refractivity contribution in [3.8, 4) is 11.4 Å². The van der Waals surface area contributed by atoms with Crippen LogP contribution in [0.25, 0.3) is 33.3 Å². The van der Waals surface area contributed by atoms with Gasteiger partial charge in [0.2, 0.25) is 0 Å². The van der Waals surface area contributed by atoms with E-state index >= 15 is 0 Å². The number of non-ortho nitro benzene ring substituents is 1. The Morgan fingerprint density at radius 2 is 2.00 bits per heavy atom. The number of H-pyrrole nitrogens is 1. The minimum absolute atomic E-state index is 0.0181. The van der Waals surface area contributed by atoms with Gasteiger partial charge in [-0.2, -0.15) is 0 Å². The summed E-state index contributed by atoms with van der Waals surface area (Å²) in [5.74, 6) is 0.622. The summed E-state index contributed by atoms with van der Waals surface area (Å²) in [6.45, 7) is 0.668. The number of aromatic amines is 1. The summed E-state index contributed by atoms with van der Waals surface area (Å²) < 4.78 is 2.21. The first-order valence-electron chi connectivity index (χ1n) is 9.63. The highest BCUT2D eigenvalue weighted by Gasteiger charge is 2.44. The lowest BCUT2D eigenvalue weighted by Gasteiger charge is -2.47. The number of rotatable bonds is 2. The van der Waals surface area contributed by atoms with E-state index in [0.29, 0.717) is 23.6 Å². The van der Waals surface area contributed by atoms with Crippen molar-refractivity contribution in [2.45, 2.75) is 24.8 Å². The molecule has 0 bridgehead atoms. The highest BCUT2D eigenvalue weighted by Crippen LogP contribution is 2.44. The third-order valence-corrected chi connectivity index (χ3v) is 6.32. The van der Waals surface area contributed by atoms with E-state index in [2.05, 4.69) is 25.9 Å². The lowest BCUT2D eigenvalue weighted by molar-refractivity contribution is -0.384. The van der Waals surface area contributed by atoms with Crippen molar-refractivity contribution in [3.05, 3.63) is 58.3 Å². The number of nitrogens with one attached hydrogen (secondary N) is 2. The number of benzene rings is 2. The number of nitro groups is 1. The van der Waals surface area contributed by atoms with Crippen LogP contribution in [0.5, 0.6) is 0 Å². The third kappa shape index (κ3) is 2.19. The van der Waals surface area contributed by atoms with Gasteiger partial charge < -0.3 is 14.9 Å². The minimum atomic E-state index is -0.421. The van der Waals surface area contributed by atoms with E-state index in [1.54, 1.807) is 6.07 Å². The number of hydrogen-bond acceptors (Lipinski definition) is 4. The molecule has 1 spiro atoms. The van der Waals surface area contributed by atoms with E-state index in [9.17, 15) is 14.9 Å². The van der Waals surface area contributed by atoms with Crippen LogP contribution in [0.1, 0.15) is 29.8 Å².